The van der Waals surface area contributed by atoms with E-state index in [-0.39, 0.29) is 10.6 Å². The molecule has 1 aromatic heterocycles. The number of rotatable bonds is 5. The van der Waals surface area contributed by atoms with Gasteiger partial charge in [-0.15, -0.1) is 11.3 Å². The fourth-order valence-electron chi connectivity index (χ4n) is 1.99. The Balaban J connectivity index is 2.50. The summed E-state index contributed by atoms with van der Waals surface area (Å²) in [6.45, 7) is 2.70. The van der Waals surface area contributed by atoms with Gasteiger partial charge in [0.15, 0.2) is 0 Å². The molecule has 0 amide bonds. The van der Waals surface area contributed by atoms with Crippen LogP contribution in [0.5, 0.6) is 0 Å². The molecule has 0 aliphatic heterocycles. The minimum atomic E-state index is -0.623. The molecule has 1 nitrogen and oxygen atoms in total. The summed E-state index contributed by atoms with van der Waals surface area (Å²) in [7, 11) is 0. The molecule has 1 N–H and O–H groups in total. The largest absolute Gasteiger partial charge is 0.306 e. The summed E-state index contributed by atoms with van der Waals surface area (Å²) in [5.74, 6) is -1.15. The first-order chi connectivity index (χ1) is 9.93. The first kappa shape index (κ1) is 17.3. The molecule has 0 saturated carbocycles. The fraction of sp³-hybridized carbons (Fsp3) is 0.286. The maximum atomic E-state index is 14.2. The number of benzene rings is 1. The third-order valence-corrected chi connectivity index (χ3v) is 5.62. The van der Waals surface area contributed by atoms with Gasteiger partial charge in [-0.25, -0.2) is 8.78 Å². The second kappa shape index (κ2) is 7.51. The van der Waals surface area contributed by atoms with Crippen LogP contribution in [0.15, 0.2) is 25.8 Å². The van der Waals surface area contributed by atoms with Gasteiger partial charge in [-0.1, -0.05) is 18.5 Å². The topological polar surface area (TPSA) is 12.0 Å². The predicted molar refractivity (Wildman–Crippen MR) is 91.2 cm³/mol. The normalized spacial score (nSPS) is 12.7. The molecular weight excluding hydrogens is 447 g/mol. The minimum Gasteiger partial charge on any atom is -0.306 e. The van der Waals surface area contributed by atoms with Gasteiger partial charge in [0, 0.05) is 5.56 Å². The van der Waals surface area contributed by atoms with E-state index in [2.05, 4.69) is 37.2 Å². The predicted octanol–water partition coefficient (Wildman–Crippen LogP) is 6.29. The molecule has 0 fully saturated rings. The summed E-state index contributed by atoms with van der Waals surface area (Å²) < 4.78 is 29.7. The van der Waals surface area contributed by atoms with Crippen molar-refractivity contribution in [1.82, 2.24) is 5.32 Å². The zero-order valence-electron chi connectivity index (χ0n) is 11.0. The van der Waals surface area contributed by atoms with E-state index in [0.717, 1.165) is 31.7 Å². The molecule has 0 aliphatic rings. The average Bonchev–Trinajstić information content (AvgIpc) is 2.75. The van der Waals surface area contributed by atoms with Crippen LogP contribution in [-0.4, -0.2) is 6.54 Å². The van der Waals surface area contributed by atoms with Crippen LogP contribution in [0, 0.1) is 11.6 Å². The van der Waals surface area contributed by atoms with Gasteiger partial charge in [-0.05, 0) is 68.6 Å². The molecule has 0 bridgehead atoms. The highest BCUT2D eigenvalue weighted by molar-refractivity contribution is 9.12. The van der Waals surface area contributed by atoms with Crippen molar-refractivity contribution in [2.75, 3.05) is 6.54 Å². The van der Waals surface area contributed by atoms with Crippen molar-refractivity contribution in [3.05, 3.63) is 53.6 Å². The summed E-state index contributed by atoms with van der Waals surface area (Å²) in [4.78, 5) is 0. The van der Waals surface area contributed by atoms with Crippen molar-refractivity contribution in [3.63, 3.8) is 0 Å². The Bertz CT molecular complexity index is 648. The Morgan fingerprint density at radius 3 is 2.48 bits per heavy atom. The van der Waals surface area contributed by atoms with Crippen molar-refractivity contribution < 1.29 is 8.78 Å². The summed E-state index contributed by atoms with van der Waals surface area (Å²) in [6.07, 6.45) is 0.886. The van der Waals surface area contributed by atoms with E-state index >= 15 is 0 Å². The van der Waals surface area contributed by atoms with E-state index < -0.39 is 17.7 Å². The maximum absolute atomic E-state index is 14.2. The van der Waals surface area contributed by atoms with Gasteiger partial charge in [-0.2, -0.15) is 0 Å². The Hall–Kier alpha value is -0.0100. The van der Waals surface area contributed by atoms with Crippen molar-refractivity contribution in [1.29, 1.82) is 0 Å². The highest BCUT2D eigenvalue weighted by atomic mass is 79.9. The first-order valence-electron chi connectivity index (χ1n) is 6.26. The van der Waals surface area contributed by atoms with Crippen LogP contribution < -0.4 is 5.32 Å². The molecule has 0 radical (unpaired) electrons. The van der Waals surface area contributed by atoms with E-state index in [1.165, 1.54) is 11.3 Å². The number of hydrogen-bond donors (Lipinski definition) is 1. The van der Waals surface area contributed by atoms with Crippen LogP contribution in [0.2, 0.25) is 5.02 Å². The molecule has 0 spiro atoms. The van der Waals surface area contributed by atoms with Crippen LogP contribution in [0.1, 0.15) is 30.5 Å². The molecule has 1 unspecified atom stereocenters. The molecule has 7 heteroatoms. The van der Waals surface area contributed by atoms with Crippen LogP contribution in [0.25, 0.3) is 0 Å². The zero-order valence-corrected chi connectivity index (χ0v) is 15.8. The highest BCUT2D eigenvalue weighted by Crippen LogP contribution is 2.39. The van der Waals surface area contributed by atoms with Crippen LogP contribution in [-0.2, 0) is 0 Å². The van der Waals surface area contributed by atoms with Crippen LogP contribution in [0.3, 0.4) is 0 Å². The van der Waals surface area contributed by atoms with Gasteiger partial charge in [0.05, 0.1) is 18.6 Å². The van der Waals surface area contributed by atoms with Crippen molar-refractivity contribution >= 4 is 54.8 Å². The van der Waals surface area contributed by atoms with Gasteiger partial charge in [-0.3, -0.25) is 0 Å². The molecule has 0 aliphatic carbocycles. The molecule has 1 atom stereocenters. The van der Waals surface area contributed by atoms with Gasteiger partial charge in [0.2, 0.25) is 0 Å². The Morgan fingerprint density at radius 1 is 1.19 bits per heavy atom. The van der Waals surface area contributed by atoms with Gasteiger partial charge in [0.1, 0.15) is 11.6 Å². The fourth-order valence-corrected chi connectivity index (χ4v) is 5.04. The quantitative estimate of drug-likeness (QED) is 0.518. The van der Waals surface area contributed by atoms with Gasteiger partial charge < -0.3 is 5.32 Å². The lowest BCUT2D eigenvalue weighted by molar-refractivity contribution is 0.535. The summed E-state index contributed by atoms with van der Waals surface area (Å²) >= 11 is 14.0. The Kier molecular flexibility index (Phi) is 6.20. The van der Waals surface area contributed by atoms with E-state index in [4.69, 9.17) is 11.6 Å². The van der Waals surface area contributed by atoms with E-state index in [1.807, 2.05) is 13.0 Å². The monoisotopic (exact) mass is 457 g/mol. The summed E-state index contributed by atoms with van der Waals surface area (Å²) in [5, 5.41) is 3.04. The zero-order chi connectivity index (χ0) is 15.6. The summed E-state index contributed by atoms with van der Waals surface area (Å²) in [6, 6.07) is 3.63. The molecule has 1 aromatic carbocycles. The SMILES string of the molecule is CCCNC(c1cc(F)c(Cl)cc1F)c1cc(Br)sc1Br. The van der Waals surface area contributed by atoms with Crippen LogP contribution >= 0.6 is 54.8 Å². The van der Waals surface area contributed by atoms with E-state index in [0.29, 0.717) is 6.54 Å². The van der Waals surface area contributed by atoms with E-state index in [1.54, 1.807) is 0 Å². The molecular formula is C14H12Br2ClF2NS. The number of halogens is 5. The first-order valence-corrected chi connectivity index (χ1v) is 9.04. The third kappa shape index (κ3) is 4.05. The molecule has 21 heavy (non-hydrogen) atoms. The second-order valence-corrected chi connectivity index (χ2v) is 8.61. The highest BCUT2D eigenvalue weighted by Gasteiger charge is 2.23. The van der Waals surface area contributed by atoms with E-state index in [9.17, 15) is 8.78 Å². The number of thiophene rings is 1. The van der Waals surface area contributed by atoms with Gasteiger partial charge in [0.25, 0.3) is 0 Å². The maximum Gasteiger partial charge on any atom is 0.142 e. The Labute approximate surface area is 148 Å². The molecule has 114 valence electrons. The molecule has 2 rings (SSSR count). The number of hydrogen-bond acceptors (Lipinski definition) is 2. The van der Waals surface area contributed by atoms with Gasteiger partial charge >= 0.3 is 0 Å². The lowest BCUT2D eigenvalue weighted by Crippen LogP contribution is -2.24. The standard InChI is InChI=1S/C14H12Br2ClF2NS/c1-2-3-20-13(8-5-12(15)21-14(8)16)7-4-11(19)9(17)6-10(7)18/h4-6,13,20H,2-3H2,1H3. The lowest BCUT2D eigenvalue weighted by atomic mass is 10.0. The Morgan fingerprint density at radius 2 is 1.90 bits per heavy atom. The molecule has 1 heterocycles. The summed E-state index contributed by atoms with van der Waals surface area (Å²) in [5.41, 5.74) is 1.11. The molecule has 0 saturated heterocycles. The third-order valence-electron chi connectivity index (χ3n) is 2.94. The van der Waals surface area contributed by atoms with Crippen LogP contribution in [0.4, 0.5) is 8.78 Å². The number of nitrogens with one attached hydrogen (secondary N) is 1. The smallest absolute Gasteiger partial charge is 0.142 e. The van der Waals surface area contributed by atoms with Crippen molar-refractivity contribution in [2.24, 2.45) is 0 Å². The minimum absolute atomic E-state index is 0.212. The van der Waals surface area contributed by atoms with Crippen molar-refractivity contribution in [3.8, 4) is 0 Å². The second-order valence-electron chi connectivity index (χ2n) is 4.45. The van der Waals surface area contributed by atoms with Crippen molar-refractivity contribution in [2.45, 2.75) is 19.4 Å². The lowest BCUT2D eigenvalue weighted by Gasteiger charge is -2.20. The molecule has 2 aromatic rings. The average molecular weight is 460 g/mol.